The topological polar surface area (TPSA) is 97.4 Å². The monoisotopic (exact) mass is 458 g/mol. The Balaban J connectivity index is 1.48. The largest absolute Gasteiger partial charge is 0.468 e. The molecule has 3 heterocycles. The van der Waals surface area contributed by atoms with Crippen molar-refractivity contribution < 1.29 is 12.8 Å². The van der Waals surface area contributed by atoms with Gasteiger partial charge < -0.3 is 4.42 Å². The molecule has 2 aromatic heterocycles. The lowest BCUT2D eigenvalue weighted by Gasteiger charge is -2.40. The zero-order valence-electron chi connectivity index (χ0n) is 18.8. The van der Waals surface area contributed by atoms with Crippen molar-refractivity contribution in [3.8, 4) is 0 Å². The second-order valence-corrected chi connectivity index (χ2v) is 10.6. The fraction of sp³-hybridized carbons (Fsp3) is 0.500. The summed E-state index contributed by atoms with van der Waals surface area (Å²) in [4.78, 5) is 4.99. The predicted octanol–water partition coefficient (Wildman–Crippen LogP) is 2.52. The van der Waals surface area contributed by atoms with E-state index >= 15 is 0 Å². The molecule has 172 valence electrons. The Morgan fingerprint density at radius 1 is 1.06 bits per heavy atom. The van der Waals surface area contributed by atoms with Crippen LogP contribution in [0.15, 0.2) is 52.0 Å². The number of aryl methyl sites for hydroxylation is 1. The fourth-order valence-corrected chi connectivity index (χ4v) is 5.41. The Kier molecular flexibility index (Phi) is 6.73. The SMILES string of the molecule is Cc1ccc(S(=O)(=O)Cn2nnnc2[C@@H](C(C)C)N2CCN(Cc3ccco3)CC2)cc1. The number of nitrogens with zero attached hydrogens (tertiary/aromatic N) is 6. The molecule has 9 nitrogen and oxygen atoms in total. The van der Waals surface area contributed by atoms with Crippen molar-refractivity contribution in [3.05, 3.63) is 59.8 Å². The lowest BCUT2D eigenvalue weighted by atomic mass is 10.0. The van der Waals surface area contributed by atoms with E-state index in [1.807, 2.05) is 19.1 Å². The molecule has 1 atom stereocenters. The summed E-state index contributed by atoms with van der Waals surface area (Å²) < 4.78 is 32.9. The highest BCUT2D eigenvalue weighted by Gasteiger charge is 2.32. The lowest BCUT2D eigenvalue weighted by molar-refractivity contribution is 0.0636. The van der Waals surface area contributed by atoms with Crippen LogP contribution in [0, 0.1) is 12.8 Å². The van der Waals surface area contributed by atoms with Gasteiger partial charge in [0.05, 0.1) is 23.7 Å². The number of piperazine rings is 1. The van der Waals surface area contributed by atoms with Crippen molar-refractivity contribution in [3.63, 3.8) is 0 Å². The molecule has 0 amide bonds. The maximum absolute atomic E-state index is 13.0. The van der Waals surface area contributed by atoms with E-state index in [1.165, 1.54) is 4.68 Å². The van der Waals surface area contributed by atoms with Crippen LogP contribution >= 0.6 is 0 Å². The summed E-state index contributed by atoms with van der Waals surface area (Å²) in [7, 11) is -3.57. The summed E-state index contributed by atoms with van der Waals surface area (Å²) in [6.45, 7) is 10.4. The molecular weight excluding hydrogens is 428 g/mol. The molecule has 4 rings (SSSR count). The minimum absolute atomic E-state index is 0.0658. The van der Waals surface area contributed by atoms with Crippen molar-refractivity contribution in [2.24, 2.45) is 5.92 Å². The Hall–Kier alpha value is -2.56. The number of benzene rings is 1. The van der Waals surface area contributed by atoms with Crippen LogP contribution in [0.5, 0.6) is 0 Å². The van der Waals surface area contributed by atoms with Gasteiger partial charge >= 0.3 is 0 Å². The van der Waals surface area contributed by atoms with Crippen LogP contribution in [0.4, 0.5) is 0 Å². The van der Waals surface area contributed by atoms with Crippen LogP contribution in [0.1, 0.15) is 37.0 Å². The molecule has 0 unspecified atom stereocenters. The Labute approximate surface area is 188 Å². The average molecular weight is 459 g/mol. The van der Waals surface area contributed by atoms with Gasteiger partial charge in [-0.25, -0.2) is 13.1 Å². The predicted molar refractivity (Wildman–Crippen MR) is 119 cm³/mol. The number of hydrogen-bond acceptors (Lipinski definition) is 8. The third-order valence-electron chi connectivity index (χ3n) is 5.89. The summed E-state index contributed by atoms with van der Waals surface area (Å²) in [5.41, 5.74) is 1.01. The van der Waals surface area contributed by atoms with Gasteiger partial charge in [-0.3, -0.25) is 9.80 Å². The second-order valence-electron chi connectivity index (χ2n) is 8.67. The van der Waals surface area contributed by atoms with Crippen molar-refractivity contribution in [1.82, 2.24) is 30.0 Å². The van der Waals surface area contributed by atoms with E-state index in [2.05, 4.69) is 39.2 Å². The standard InChI is InChI=1S/C22H30N6O3S/c1-17(2)21(27-12-10-26(11-13-27)15-19-5-4-14-31-19)22-23-24-25-28(22)16-32(29,30)20-8-6-18(3)7-9-20/h4-9,14,17,21H,10-13,15-16H2,1-3H3/t21-/m1/s1. The molecular formula is C22H30N6O3S. The van der Waals surface area contributed by atoms with E-state index in [-0.39, 0.29) is 22.7 Å². The minimum atomic E-state index is -3.57. The smallest absolute Gasteiger partial charge is 0.198 e. The third kappa shape index (κ3) is 5.08. The molecule has 1 fully saturated rings. The summed E-state index contributed by atoms with van der Waals surface area (Å²) >= 11 is 0. The molecule has 1 aliphatic heterocycles. The third-order valence-corrected chi connectivity index (χ3v) is 7.46. The summed E-state index contributed by atoms with van der Waals surface area (Å²) in [5, 5.41) is 12.1. The van der Waals surface area contributed by atoms with E-state index in [0.29, 0.717) is 5.82 Å². The first-order valence-electron chi connectivity index (χ1n) is 10.9. The quantitative estimate of drug-likeness (QED) is 0.508. The molecule has 1 aromatic carbocycles. The van der Waals surface area contributed by atoms with Gasteiger partial charge in [0.15, 0.2) is 21.5 Å². The van der Waals surface area contributed by atoms with Crippen LogP contribution in [-0.2, 0) is 22.3 Å². The van der Waals surface area contributed by atoms with Crippen molar-refractivity contribution in [2.45, 2.75) is 44.1 Å². The van der Waals surface area contributed by atoms with Gasteiger partial charge in [0.25, 0.3) is 0 Å². The molecule has 1 saturated heterocycles. The normalized spacial score (nSPS) is 17.1. The fourth-order valence-electron chi connectivity index (χ4n) is 4.20. The summed E-state index contributed by atoms with van der Waals surface area (Å²) in [6.07, 6.45) is 1.70. The molecule has 10 heteroatoms. The van der Waals surface area contributed by atoms with Gasteiger partial charge in [-0.05, 0) is 47.5 Å². The Bertz CT molecular complexity index is 1100. The maximum Gasteiger partial charge on any atom is 0.198 e. The van der Waals surface area contributed by atoms with E-state index < -0.39 is 9.84 Å². The van der Waals surface area contributed by atoms with E-state index in [4.69, 9.17) is 4.42 Å². The molecule has 0 bridgehead atoms. The number of rotatable bonds is 8. The van der Waals surface area contributed by atoms with Gasteiger partial charge in [-0.1, -0.05) is 31.5 Å². The first-order valence-corrected chi connectivity index (χ1v) is 12.5. The highest BCUT2D eigenvalue weighted by atomic mass is 32.2. The van der Waals surface area contributed by atoms with Crippen LogP contribution in [0.3, 0.4) is 0 Å². The van der Waals surface area contributed by atoms with Crippen LogP contribution < -0.4 is 0 Å². The second kappa shape index (κ2) is 9.51. The minimum Gasteiger partial charge on any atom is -0.468 e. The van der Waals surface area contributed by atoms with E-state index in [9.17, 15) is 8.42 Å². The molecule has 32 heavy (non-hydrogen) atoms. The van der Waals surface area contributed by atoms with E-state index in [1.54, 1.807) is 30.5 Å². The molecule has 3 aromatic rings. The molecule has 0 N–H and O–H groups in total. The molecule has 0 saturated carbocycles. The highest BCUT2D eigenvalue weighted by Crippen LogP contribution is 2.29. The maximum atomic E-state index is 13.0. The average Bonchev–Trinajstić information content (AvgIpc) is 3.42. The Morgan fingerprint density at radius 3 is 2.41 bits per heavy atom. The highest BCUT2D eigenvalue weighted by molar-refractivity contribution is 7.90. The zero-order chi connectivity index (χ0) is 22.7. The number of sulfone groups is 1. The van der Waals surface area contributed by atoms with Crippen LogP contribution in [-0.4, -0.2) is 64.6 Å². The van der Waals surface area contributed by atoms with Gasteiger partial charge in [-0.2, -0.15) is 0 Å². The van der Waals surface area contributed by atoms with Gasteiger partial charge in [0, 0.05) is 26.2 Å². The molecule has 0 aliphatic carbocycles. The van der Waals surface area contributed by atoms with Gasteiger partial charge in [0.1, 0.15) is 5.76 Å². The van der Waals surface area contributed by atoms with Crippen molar-refractivity contribution in [1.29, 1.82) is 0 Å². The summed E-state index contributed by atoms with van der Waals surface area (Å²) in [6, 6.07) is 10.7. The first kappa shape index (κ1) is 22.6. The number of aromatic nitrogens is 4. The van der Waals surface area contributed by atoms with Crippen molar-refractivity contribution in [2.75, 3.05) is 26.2 Å². The Morgan fingerprint density at radius 2 is 1.78 bits per heavy atom. The van der Waals surface area contributed by atoms with Gasteiger partial charge in [0.2, 0.25) is 0 Å². The van der Waals surface area contributed by atoms with E-state index in [0.717, 1.165) is 44.0 Å². The molecule has 1 aliphatic rings. The lowest BCUT2D eigenvalue weighted by Crippen LogP contribution is -2.48. The summed E-state index contributed by atoms with van der Waals surface area (Å²) in [5.74, 6) is 1.50. The first-order chi connectivity index (χ1) is 15.3. The van der Waals surface area contributed by atoms with Crippen LogP contribution in [0.25, 0.3) is 0 Å². The van der Waals surface area contributed by atoms with Gasteiger partial charge in [-0.15, -0.1) is 5.10 Å². The molecule has 0 spiro atoms. The zero-order valence-corrected chi connectivity index (χ0v) is 19.6. The number of furan rings is 1. The van der Waals surface area contributed by atoms with Crippen molar-refractivity contribution >= 4 is 9.84 Å². The number of tetrazole rings is 1. The molecule has 0 radical (unpaired) electrons. The number of hydrogen-bond donors (Lipinski definition) is 0. The van der Waals surface area contributed by atoms with Crippen LogP contribution in [0.2, 0.25) is 0 Å².